The molecule has 1 atom stereocenters. The minimum atomic E-state index is -0.535. The average Bonchev–Trinajstić information content (AvgIpc) is 2.82. The molecule has 1 unspecified atom stereocenters. The number of carbonyl (C=O) groups is 2. The van der Waals surface area contributed by atoms with E-state index in [1.807, 2.05) is 51.1 Å². The minimum absolute atomic E-state index is 0.0635. The maximum absolute atomic E-state index is 13.4. The molecular weight excluding hydrogens is 440 g/mol. The number of benzene rings is 2. The Morgan fingerprint density at radius 1 is 1.03 bits per heavy atom. The van der Waals surface area contributed by atoms with E-state index >= 15 is 0 Å². The summed E-state index contributed by atoms with van der Waals surface area (Å²) >= 11 is 6.03. The van der Waals surface area contributed by atoms with Crippen LogP contribution >= 0.6 is 11.6 Å². The molecule has 0 bridgehead atoms. The summed E-state index contributed by atoms with van der Waals surface area (Å²) in [4.78, 5) is 28.0. The molecule has 2 aromatic rings. The number of amides is 2. The monoisotopic (exact) mass is 472 g/mol. The second-order valence-corrected chi connectivity index (χ2v) is 9.13. The highest BCUT2D eigenvalue weighted by Crippen LogP contribution is 2.31. The second kappa shape index (κ2) is 11.9. The quantitative estimate of drug-likeness (QED) is 0.547. The summed E-state index contributed by atoms with van der Waals surface area (Å²) in [6.45, 7) is 8.02. The molecule has 0 saturated carbocycles. The van der Waals surface area contributed by atoms with E-state index in [2.05, 4.69) is 5.32 Å². The molecule has 6 nitrogen and oxygen atoms in total. The fourth-order valence-electron chi connectivity index (χ4n) is 3.77. The predicted molar refractivity (Wildman–Crippen MR) is 130 cm³/mol. The van der Waals surface area contributed by atoms with Crippen molar-refractivity contribution in [2.75, 3.05) is 19.8 Å². The Morgan fingerprint density at radius 2 is 1.70 bits per heavy atom. The highest BCUT2D eigenvalue weighted by Gasteiger charge is 2.28. The van der Waals surface area contributed by atoms with Crippen molar-refractivity contribution in [2.24, 2.45) is 5.92 Å². The van der Waals surface area contributed by atoms with E-state index in [1.165, 1.54) is 0 Å². The first-order valence-electron chi connectivity index (χ1n) is 11.6. The number of hydrogen-bond donors (Lipinski definition) is 1. The highest BCUT2D eigenvalue weighted by molar-refractivity contribution is 6.30. The van der Waals surface area contributed by atoms with E-state index in [4.69, 9.17) is 21.1 Å². The Labute approximate surface area is 201 Å². The number of hydrogen-bond acceptors (Lipinski definition) is 4. The van der Waals surface area contributed by atoms with Gasteiger partial charge in [0, 0.05) is 24.5 Å². The summed E-state index contributed by atoms with van der Waals surface area (Å²) in [6, 6.07) is 12.6. The molecule has 0 aromatic heterocycles. The number of ether oxygens (including phenoxy) is 2. The number of aryl methyl sites for hydroxylation is 1. The molecule has 0 radical (unpaired) electrons. The number of nitrogens with zero attached hydrogens (tertiary/aromatic N) is 1. The van der Waals surface area contributed by atoms with Crippen molar-refractivity contribution in [3.05, 3.63) is 58.6 Å². The van der Waals surface area contributed by atoms with Gasteiger partial charge in [0.15, 0.2) is 11.5 Å². The molecule has 178 valence electrons. The van der Waals surface area contributed by atoms with Crippen molar-refractivity contribution in [2.45, 2.75) is 52.6 Å². The second-order valence-electron chi connectivity index (χ2n) is 8.69. The van der Waals surface area contributed by atoms with E-state index in [9.17, 15) is 9.59 Å². The van der Waals surface area contributed by atoms with E-state index < -0.39 is 6.04 Å². The number of fused-ring (bicyclic) bond motifs is 1. The zero-order chi connectivity index (χ0) is 23.8. The lowest BCUT2D eigenvalue weighted by Gasteiger charge is -2.31. The number of carbonyl (C=O) groups excluding carboxylic acids is 2. The first-order valence-corrected chi connectivity index (χ1v) is 11.9. The molecule has 0 saturated heterocycles. The van der Waals surface area contributed by atoms with Crippen molar-refractivity contribution in [1.29, 1.82) is 0 Å². The Kier molecular flexibility index (Phi) is 9.01. The van der Waals surface area contributed by atoms with Crippen molar-refractivity contribution in [3.63, 3.8) is 0 Å². The number of halogens is 1. The van der Waals surface area contributed by atoms with Gasteiger partial charge in [0.25, 0.3) is 0 Å². The van der Waals surface area contributed by atoms with Crippen LogP contribution in [0.2, 0.25) is 5.02 Å². The van der Waals surface area contributed by atoms with Crippen LogP contribution < -0.4 is 14.8 Å². The lowest BCUT2D eigenvalue weighted by Crippen LogP contribution is -2.49. The largest absolute Gasteiger partial charge is 0.486 e. The molecule has 2 aromatic carbocycles. The Balaban J connectivity index is 1.74. The summed E-state index contributed by atoms with van der Waals surface area (Å²) in [5.74, 6) is 1.60. The summed E-state index contributed by atoms with van der Waals surface area (Å²) < 4.78 is 11.2. The van der Waals surface area contributed by atoms with Gasteiger partial charge in [-0.3, -0.25) is 9.59 Å². The molecule has 0 aliphatic carbocycles. The van der Waals surface area contributed by atoms with Gasteiger partial charge in [0.2, 0.25) is 11.8 Å². The highest BCUT2D eigenvalue weighted by atomic mass is 35.5. The van der Waals surface area contributed by atoms with Crippen LogP contribution in [0.4, 0.5) is 0 Å². The standard InChI is InChI=1S/C26H33ClN2O4/c1-4-22(26(31)28-16-18(2)3)29(17-20-5-9-21(27)10-6-20)25(30)12-8-19-7-11-23-24(15-19)33-14-13-32-23/h5-7,9-11,15,18,22H,4,8,12-14,16-17H2,1-3H3,(H,28,31). The lowest BCUT2D eigenvalue weighted by molar-refractivity contribution is -0.141. The van der Waals surface area contributed by atoms with Crippen LogP contribution in [0, 0.1) is 5.92 Å². The summed E-state index contributed by atoms with van der Waals surface area (Å²) in [5, 5.41) is 3.62. The van der Waals surface area contributed by atoms with E-state index in [0.29, 0.717) is 62.3 Å². The van der Waals surface area contributed by atoms with E-state index in [1.54, 1.807) is 17.0 Å². The molecule has 7 heteroatoms. The lowest BCUT2D eigenvalue weighted by atomic mass is 10.1. The van der Waals surface area contributed by atoms with Crippen LogP contribution in [-0.2, 0) is 22.6 Å². The van der Waals surface area contributed by atoms with Gasteiger partial charge in [0.1, 0.15) is 19.3 Å². The molecule has 0 spiro atoms. The maximum Gasteiger partial charge on any atom is 0.242 e. The van der Waals surface area contributed by atoms with Crippen LogP contribution in [0.5, 0.6) is 11.5 Å². The van der Waals surface area contributed by atoms with Gasteiger partial charge in [-0.2, -0.15) is 0 Å². The predicted octanol–water partition coefficient (Wildman–Crippen LogP) is 4.62. The number of rotatable bonds is 10. The number of nitrogens with one attached hydrogen (secondary N) is 1. The Bertz CT molecular complexity index is 946. The van der Waals surface area contributed by atoms with Crippen LogP contribution in [0.25, 0.3) is 0 Å². The van der Waals surface area contributed by atoms with E-state index in [-0.39, 0.29) is 11.8 Å². The zero-order valence-electron chi connectivity index (χ0n) is 19.6. The summed E-state index contributed by atoms with van der Waals surface area (Å²) in [6.07, 6.45) is 1.38. The van der Waals surface area contributed by atoms with Crippen molar-refractivity contribution in [1.82, 2.24) is 10.2 Å². The molecule has 1 aliphatic heterocycles. The summed E-state index contributed by atoms with van der Waals surface area (Å²) in [5.41, 5.74) is 1.93. The smallest absolute Gasteiger partial charge is 0.242 e. The third kappa shape index (κ3) is 7.13. The Morgan fingerprint density at radius 3 is 2.36 bits per heavy atom. The third-order valence-corrected chi connectivity index (χ3v) is 5.82. The molecule has 2 amide bonds. The fraction of sp³-hybridized carbons (Fsp3) is 0.462. The minimum Gasteiger partial charge on any atom is -0.486 e. The van der Waals surface area contributed by atoms with Gasteiger partial charge in [-0.05, 0) is 54.2 Å². The summed E-state index contributed by atoms with van der Waals surface area (Å²) in [7, 11) is 0. The molecule has 1 heterocycles. The normalized spacial score (nSPS) is 13.5. The first-order chi connectivity index (χ1) is 15.9. The van der Waals surface area contributed by atoms with Gasteiger partial charge in [-0.15, -0.1) is 0 Å². The van der Waals surface area contributed by atoms with Gasteiger partial charge in [-0.25, -0.2) is 0 Å². The molecule has 3 rings (SSSR count). The first kappa shape index (κ1) is 24.9. The van der Waals surface area contributed by atoms with Crippen molar-refractivity contribution >= 4 is 23.4 Å². The van der Waals surface area contributed by atoms with Gasteiger partial charge in [-0.1, -0.05) is 50.6 Å². The third-order valence-electron chi connectivity index (χ3n) is 5.57. The zero-order valence-corrected chi connectivity index (χ0v) is 20.4. The van der Waals surface area contributed by atoms with Crippen LogP contribution in [0.3, 0.4) is 0 Å². The molecular formula is C26H33ClN2O4. The Hall–Kier alpha value is -2.73. The maximum atomic E-state index is 13.4. The van der Waals surface area contributed by atoms with Crippen LogP contribution in [0.15, 0.2) is 42.5 Å². The fourth-order valence-corrected chi connectivity index (χ4v) is 3.89. The van der Waals surface area contributed by atoms with Gasteiger partial charge in [0.05, 0.1) is 0 Å². The van der Waals surface area contributed by atoms with Gasteiger partial charge >= 0.3 is 0 Å². The molecule has 33 heavy (non-hydrogen) atoms. The molecule has 0 fully saturated rings. The van der Waals surface area contributed by atoms with Crippen molar-refractivity contribution < 1.29 is 19.1 Å². The van der Waals surface area contributed by atoms with Crippen LogP contribution in [0.1, 0.15) is 44.7 Å². The molecule has 1 N–H and O–H groups in total. The van der Waals surface area contributed by atoms with E-state index in [0.717, 1.165) is 16.9 Å². The topological polar surface area (TPSA) is 67.9 Å². The van der Waals surface area contributed by atoms with Gasteiger partial charge < -0.3 is 19.7 Å². The molecule has 1 aliphatic rings. The average molecular weight is 473 g/mol. The van der Waals surface area contributed by atoms with Crippen molar-refractivity contribution in [3.8, 4) is 11.5 Å². The van der Waals surface area contributed by atoms with Crippen LogP contribution in [-0.4, -0.2) is 42.5 Å². The SMILES string of the molecule is CCC(C(=O)NCC(C)C)N(Cc1ccc(Cl)cc1)C(=O)CCc1ccc2c(c1)OCCO2.